The van der Waals surface area contributed by atoms with Gasteiger partial charge in [0.2, 0.25) is 10.0 Å². The van der Waals surface area contributed by atoms with Gasteiger partial charge >= 0.3 is 6.03 Å². The Morgan fingerprint density at radius 3 is 2.48 bits per heavy atom. The first-order chi connectivity index (χ1) is 10.9. The molecule has 0 atom stereocenters. The fourth-order valence-corrected chi connectivity index (χ4v) is 2.62. The van der Waals surface area contributed by atoms with Gasteiger partial charge in [-0.3, -0.25) is 0 Å². The van der Waals surface area contributed by atoms with Crippen molar-refractivity contribution in [2.45, 2.75) is 17.7 Å². The molecule has 0 saturated carbocycles. The van der Waals surface area contributed by atoms with Crippen LogP contribution >= 0.6 is 0 Å². The Hall–Kier alpha value is -2.38. The highest BCUT2D eigenvalue weighted by Gasteiger charge is 2.09. The van der Waals surface area contributed by atoms with Gasteiger partial charge < -0.3 is 10.6 Å². The highest BCUT2D eigenvalue weighted by Crippen LogP contribution is 2.13. The van der Waals surface area contributed by atoms with E-state index in [0.717, 1.165) is 12.8 Å². The van der Waals surface area contributed by atoms with Gasteiger partial charge in [-0.25, -0.2) is 18.4 Å². The summed E-state index contributed by atoms with van der Waals surface area (Å²) in [5.41, 5.74) is 1.59. The zero-order valence-corrected chi connectivity index (χ0v) is 13.3. The number of urea groups is 1. The molecule has 6 nitrogen and oxygen atoms in total. The van der Waals surface area contributed by atoms with Gasteiger partial charge in [-0.1, -0.05) is 36.4 Å². The van der Waals surface area contributed by atoms with Crippen molar-refractivity contribution in [3.63, 3.8) is 0 Å². The molecule has 4 N–H and O–H groups in total. The summed E-state index contributed by atoms with van der Waals surface area (Å²) < 4.78 is 22.5. The number of carbonyl (C=O) groups excluding carboxylic acids is 1. The number of rotatable bonds is 6. The Morgan fingerprint density at radius 2 is 1.78 bits per heavy atom. The first kappa shape index (κ1) is 17.0. The Bertz CT molecular complexity index is 761. The number of hydrogen-bond acceptors (Lipinski definition) is 3. The fourth-order valence-electron chi connectivity index (χ4n) is 2.07. The minimum Gasteiger partial charge on any atom is -0.338 e. The SMILES string of the molecule is NS(=O)(=O)c1cccc(NC(=O)NCCCc2ccccc2)c1. The number of primary sulfonamides is 1. The maximum atomic E-state index is 11.8. The third-order valence-corrected chi connectivity index (χ3v) is 4.10. The monoisotopic (exact) mass is 333 g/mol. The predicted molar refractivity (Wildman–Crippen MR) is 89.6 cm³/mol. The quantitative estimate of drug-likeness (QED) is 0.705. The van der Waals surface area contributed by atoms with Crippen LogP contribution in [0.2, 0.25) is 0 Å². The third kappa shape index (κ3) is 5.72. The van der Waals surface area contributed by atoms with Gasteiger partial charge in [-0.15, -0.1) is 0 Å². The normalized spacial score (nSPS) is 11.0. The van der Waals surface area contributed by atoms with Crippen molar-refractivity contribution in [3.8, 4) is 0 Å². The number of nitrogens with two attached hydrogens (primary N) is 1. The lowest BCUT2D eigenvalue weighted by Gasteiger charge is -2.08. The molecule has 2 aromatic carbocycles. The average molecular weight is 333 g/mol. The van der Waals surface area contributed by atoms with Crippen LogP contribution in [0.4, 0.5) is 10.5 Å². The Morgan fingerprint density at radius 1 is 1.04 bits per heavy atom. The number of benzene rings is 2. The second-order valence-corrected chi connectivity index (χ2v) is 6.60. The van der Waals surface area contributed by atoms with Crippen LogP contribution in [0, 0.1) is 0 Å². The van der Waals surface area contributed by atoms with E-state index in [4.69, 9.17) is 5.14 Å². The fraction of sp³-hybridized carbons (Fsp3) is 0.188. The molecule has 0 radical (unpaired) electrons. The van der Waals surface area contributed by atoms with Gasteiger partial charge in [-0.05, 0) is 36.6 Å². The lowest BCUT2D eigenvalue weighted by atomic mass is 10.1. The molecule has 23 heavy (non-hydrogen) atoms. The van der Waals surface area contributed by atoms with Crippen molar-refractivity contribution in [2.24, 2.45) is 5.14 Å². The van der Waals surface area contributed by atoms with E-state index in [9.17, 15) is 13.2 Å². The van der Waals surface area contributed by atoms with Crippen molar-refractivity contribution in [1.29, 1.82) is 0 Å². The minimum absolute atomic E-state index is 0.0422. The molecule has 0 aromatic heterocycles. The van der Waals surface area contributed by atoms with Gasteiger partial charge in [0.25, 0.3) is 0 Å². The summed E-state index contributed by atoms with van der Waals surface area (Å²) in [5.74, 6) is 0. The van der Waals surface area contributed by atoms with Crippen LogP contribution in [0.25, 0.3) is 0 Å². The summed E-state index contributed by atoms with van der Waals surface area (Å²) >= 11 is 0. The van der Waals surface area contributed by atoms with Gasteiger partial charge in [-0.2, -0.15) is 0 Å². The van der Waals surface area contributed by atoms with Crippen molar-refractivity contribution < 1.29 is 13.2 Å². The number of anilines is 1. The Labute approximate surface area is 135 Å². The highest BCUT2D eigenvalue weighted by atomic mass is 32.2. The van der Waals surface area contributed by atoms with Crippen LogP contribution in [-0.2, 0) is 16.4 Å². The zero-order chi connectivity index (χ0) is 16.7. The van der Waals surface area contributed by atoms with Crippen LogP contribution in [0.5, 0.6) is 0 Å². The van der Waals surface area contributed by atoms with Crippen LogP contribution in [0.1, 0.15) is 12.0 Å². The van der Waals surface area contributed by atoms with E-state index in [1.165, 1.54) is 23.8 Å². The number of aryl methyl sites for hydroxylation is 1. The molecule has 0 heterocycles. The molecule has 0 aliphatic rings. The number of amides is 2. The summed E-state index contributed by atoms with van der Waals surface area (Å²) in [6.45, 7) is 0.523. The van der Waals surface area contributed by atoms with E-state index in [1.54, 1.807) is 6.07 Å². The Balaban J connectivity index is 1.79. The minimum atomic E-state index is -3.78. The van der Waals surface area contributed by atoms with Crippen molar-refractivity contribution in [3.05, 3.63) is 60.2 Å². The van der Waals surface area contributed by atoms with E-state index in [-0.39, 0.29) is 10.9 Å². The summed E-state index contributed by atoms with van der Waals surface area (Å²) in [4.78, 5) is 11.7. The second-order valence-electron chi connectivity index (χ2n) is 5.04. The number of carbonyl (C=O) groups is 1. The van der Waals surface area contributed by atoms with Gasteiger partial charge in [0.1, 0.15) is 0 Å². The summed E-state index contributed by atoms with van der Waals surface area (Å²) in [6, 6.07) is 15.4. The molecule has 7 heteroatoms. The summed E-state index contributed by atoms with van der Waals surface area (Å²) in [7, 11) is -3.78. The van der Waals surface area contributed by atoms with Gasteiger partial charge in [0.15, 0.2) is 0 Å². The lowest BCUT2D eigenvalue weighted by Crippen LogP contribution is -2.29. The molecule has 2 aromatic rings. The number of sulfonamides is 1. The molecule has 0 fully saturated rings. The standard InChI is InChI=1S/C16H19N3O3S/c17-23(21,22)15-10-4-9-14(12-15)19-16(20)18-11-5-8-13-6-2-1-3-7-13/h1-4,6-7,9-10,12H,5,8,11H2,(H2,17,21,22)(H2,18,19,20). The summed E-state index contributed by atoms with van der Waals surface area (Å²) in [5, 5.41) is 10.4. The van der Waals surface area contributed by atoms with Gasteiger partial charge in [0, 0.05) is 12.2 Å². The van der Waals surface area contributed by atoms with Crippen LogP contribution < -0.4 is 15.8 Å². The van der Waals surface area contributed by atoms with E-state index in [1.807, 2.05) is 30.3 Å². The average Bonchev–Trinajstić information content (AvgIpc) is 2.52. The molecular weight excluding hydrogens is 314 g/mol. The summed E-state index contributed by atoms with van der Waals surface area (Å²) in [6.07, 6.45) is 1.69. The molecule has 2 amide bonds. The molecule has 122 valence electrons. The van der Waals surface area contributed by atoms with E-state index < -0.39 is 10.0 Å². The molecule has 0 aliphatic heterocycles. The van der Waals surface area contributed by atoms with E-state index in [0.29, 0.717) is 12.2 Å². The number of nitrogens with one attached hydrogen (secondary N) is 2. The number of hydrogen-bond donors (Lipinski definition) is 3. The molecule has 2 rings (SSSR count). The first-order valence-corrected chi connectivity index (χ1v) is 8.71. The van der Waals surface area contributed by atoms with Crippen molar-refractivity contribution in [2.75, 3.05) is 11.9 Å². The van der Waals surface area contributed by atoms with Crippen molar-refractivity contribution in [1.82, 2.24) is 5.32 Å². The van der Waals surface area contributed by atoms with Crippen LogP contribution in [0.15, 0.2) is 59.5 Å². The molecule has 0 spiro atoms. The molecule has 0 saturated heterocycles. The topological polar surface area (TPSA) is 101 Å². The van der Waals surface area contributed by atoms with Crippen LogP contribution in [-0.4, -0.2) is 21.0 Å². The smallest absolute Gasteiger partial charge is 0.319 e. The molecular formula is C16H19N3O3S. The maximum Gasteiger partial charge on any atom is 0.319 e. The largest absolute Gasteiger partial charge is 0.338 e. The maximum absolute atomic E-state index is 11.8. The first-order valence-electron chi connectivity index (χ1n) is 7.17. The highest BCUT2D eigenvalue weighted by molar-refractivity contribution is 7.89. The molecule has 0 bridgehead atoms. The third-order valence-electron chi connectivity index (χ3n) is 3.19. The van der Waals surface area contributed by atoms with E-state index in [2.05, 4.69) is 10.6 Å². The molecule has 0 unspecified atom stereocenters. The van der Waals surface area contributed by atoms with Gasteiger partial charge in [0.05, 0.1) is 4.90 Å². The van der Waals surface area contributed by atoms with Crippen molar-refractivity contribution >= 4 is 21.7 Å². The lowest BCUT2D eigenvalue weighted by molar-refractivity contribution is 0.252. The zero-order valence-electron chi connectivity index (χ0n) is 12.5. The Kier molecular flexibility index (Phi) is 5.72. The second kappa shape index (κ2) is 7.75. The van der Waals surface area contributed by atoms with E-state index >= 15 is 0 Å². The predicted octanol–water partition coefficient (Wildman–Crippen LogP) is 2.09. The molecule has 0 aliphatic carbocycles. The van der Waals surface area contributed by atoms with Crippen LogP contribution in [0.3, 0.4) is 0 Å².